The van der Waals surface area contributed by atoms with Crippen molar-refractivity contribution >= 4 is 33.5 Å². The lowest BCUT2D eigenvalue weighted by molar-refractivity contribution is -0.137. The van der Waals surface area contributed by atoms with E-state index in [0.29, 0.717) is 39.3 Å². The van der Waals surface area contributed by atoms with Crippen LogP contribution >= 0.6 is 0 Å². The molecule has 4 aromatic carbocycles. The SMILES string of the molecule is Cn1c(=O)c(C(c2ccc(C(F)(F)F)cc2)c2[nH]c3ccccc3c2CCNC(=O)Nc2cc(F)cc(F)c2)c(O)c2ccccc21. The van der Waals surface area contributed by atoms with E-state index in [1.807, 2.05) is 6.07 Å². The van der Waals surface area contributed by atoms with Crippen molar-refractivity contribution in [3.8, 4) is 5.75 Å². The lowest BCUT2D eigenvalue weighted by Crippen LogP contribution is -2.31. The van der Waals surface area contributed by atoms with Gasteiger partial charge in [-0.25, -0.2) is 13.6 Å². The minimum absolute atomic E-state index is 0.0277. The van der Waals surface area contributed by atoms with Gasteiger partial charge in [0.25, 0.3) is 5.56 Å². The first kappa shape index (κ1) is 31.3. The topological polar surface area (TPSA) is 99.2 Å². The normalized spacial score (nSPS) is 12.4. The molecular formula is C35H27F5N4O3. The maximum atomic E-state index is 14.0. The highest BCUT2D eigenvalue weighted by atomic mass is 19.4. The molecule has 0 aliphatic rings. The van der Waals surface area contributed by atoms with E-state index in [-0.39, 0.29) is 30.0 Å². The van der Waals surface area contributed by atoms with Crippen molar-refractivity contribution in [2.75, 3.05) is 11.9 Å². The van der Waals surface area contributed by atoms with Crippen molar-refractivity contribution in [3.05, 3.63) is 141 Å². The number of aryl methyl sites for hydroxylation is 1. The second-order valence-electron chi connectivity index (χ2n) is 11.0. The molecule has 2 aromatic heterocycles. The number of urea groups is 1. The summed E-state index contributed by atoms with van der Waals surface area (Å²) in [6, 6.07) is 20.2. The standard InChI is InChI=1S/C35H27F5N4O3/c1-44-28-9-5-3-7-26(28)32(45)30(33(44)46)29(19-10-12-20(13-11-19)35(38,39)40)31-25(24-6-2-4-8-27(24)43-31)14-15-41-34(47)42-23-17-21(36)16-22(37)18-23/h2-13,16-18,29,43,45H,14-15H2,1H3,(H2,41,42,47). The minimum atomic E-state index is -4.59. The van der Waals surface area contributed by atoms with Crippen LogP contribution in [0.1, 0.15) is 33.9 Å². The van der Waals surface area contributed by atoms with E-state index in [0.717, 1.165) is 29.7 Å². The Balaban J connectivity index is 1.46. The number of aromatic amines is 1. The van der Waals surface area contributed by atoms with Crippen molar-refractivity contribution in [1.29, 1.82) is 0 Å². The monoisotopic (exact) mass is 646 g/mol. The van der Waals surface area contributed by atoms with Crippen LogP contribution in [0.25, 0.3) is 21.8 Å². The van der Waals surface area contributed by atoms with Gasteiger partial charge in [0.15, 0.2) is 0 Å². The Kier molecular flexibility index (Phi) is 8.18. The lowest BCUT2D eigenvalue weighted by atomic mass is 9.84. The van der Waals surface area contributed by atoms with E-state index in [4.69, 9.17) is 0 Å². The Hall–Kier alpha value is -5.65. The molecule has 4 N–H and O–H groups in total. The number of hydrogen-bond acceptors (Lipinski definition) is 3. The van der Waals surface area contributed by atoms with E-state index in [1.54, 1.807) is 49.5 Å². The number of nitrogens with one attached hydrogen (secondary N) is 3. The summed E-state index contributed by atoms with van der Waals surface area (Å²) in [5, 5.41) is 17.7. The minimum Gasteiger partial charge on any atom is -0.507 e. The van der Waals surface area contributed by atoms with E-state index in [1.165, 1.54) is 16.7 Å². The number of anilines is 1. The summed E-state index contributed by atoms with van der Waals surface area (Å²) < 4.78 is 69.2. The molecule has 0 saturated carbocycles. The molecule has 2 heterocycles. The van der Waals surface area contributed by atoms with E-state index < -0.39 is 40.9 Å². The third kappa shape index (κ3) is 6.14. The summed E-state index contributed by atoms with van der Waals surface area (Å²) in [7, 11) is 1.55. The number of pyridine rings is 1. The number of carbonyl (C=O) groups is 1. The van der Waals surface area contributed by atoms with Crippen molar-refractivity contribution in [2.45, 2.75) is 18.5 Å². The average molecular weight is 647 g/mol. The van der Waals surface area contributed by atoms with Crippen molar-refractivity contribution < 1.29 is 31.9 Å². The number of fused-ring (bicyclic) bond motifs is 2. The smallest absolute Gasteiger partial charge is 0.416 e. The van der Waals surface area contributed by atoms with Crippen molar-refractivity contribution in [1.82, 2.24) is 14.9 Å². The highest BCUT2D eigenvalue weighted by molar-refractivity contribution is 5.90. The van der Waals surface area contributed by atoms with Crippen molar-refractivity contribution in [3.63, 3.8) is 0 Å². The predicted octanol–water partition coefficient (Wildman–Crippen LogP) is 7.57. The van der Waals surface area contributed by atoms with Crippen LogP contribution in [0.5, 0.6) is 5.75 Å². The molecular weight excluding hydrogens is 619 g/mol. The zero-order valence-electron chi connectivity index (χ0n) is 24.8. The van der Waals surface area contributed by atoms with Gasteiger partial charge in [0.1, 0.15) is 17.4 Å². The molecule has 0 saturated heterocycles. The maximum absolute atomic E-state index is 14.0. The fourth-order valence-electron chi connectivity index (χ4n) is 5.94. The molecule has 0 aliphatic carbocycles. The van der Waals surface area contributed by atoms with Gasteiger partial charge in [0.2, 0.25) is 0 Å². The number of halogens is 5. The second kappa shape index (κ2) is 12.3. The number of aromatic hydroxyl groups is 1. The third-order valence-electron chi connectivity index (χ3n) is 8.09. The van der Waals surface area contributed by atoms with Crippen LogP contribution in [0, 0.1) is 11.6 Å². The Bertz CT molecular complexity index is 2170. The number of rotatable bonds is 7. The summed E-state index contributed by atoms with van der Waals surface area (Å²) >= 11 is 0. The highest BCUT2D eigenvalue weighted by Crippen LogP contribution is 2.41. The molecule has 240 valence electrons. The van der Waals surface area contributed by atoms with Gasteiger partial charge in [-0.05, 0) is 60.0 Å². The molecule has 0 radical (unpaired) electrons. The largest absolute Gasteiger partial charge is 0.507 e. The fourth-order valence-corrected chi connectivity index (χ4v) is 5.94. The molecule has 2 amide bonds. The number of hydrogen-bond donors (Lipinski definition) is 4. The van der Waals surface area contributed by atoms with Crippen LogP contribution in [-0.2, 0) is 19.6 Å². The van der Waals surface area contributed by atoms with Gasteiger partial charge in [-0.15, -0.1) is 0 Å². The van der Waals surface area contributed by atoms with Gasteiger partial charge in [0, 0.05) is 47.3 Å². The molecule has 0 fully saturated rings. The van der Waals surface area contributed by atoms with Crippen LogP contribution in [0.4, 0.5) is 32.4 Å². The molecule has 1 unspecified atom stereocenters. The number of benzene rings is 4. The summed E-state index contributed by atoms with van der Waals surface area (Å²) in [6.07, 6.45) is -4.42. The average Bonchev–Trinajstić information content (AvgIpc) is 3.39. The molecule has 7 nitrogen and oxygen atoms in total. The van der Waals surface area contributed by atoms with Gasteiger partial charge in [-0.3, -0.25) is 4.79 Å². The quantitative estimate of drug-likeness (QED) is 0.135. The first-order valence-electron chi connectivity index (χ1n) is 14.5. The van der Waals surface area contributed by atoms with E-state index in [9.17, 15) is 36.6 Å². The molecule has 12 heteroatoms. The number of para-hydroxylation sites is 2. The number of nitrogens with zero attached hydrogens (tertiary/aromatic N) is 1. The molecule has 6 aromatic rings. The molecule has 0 aliphatic heterocycles. The van der Waals surface area contributed by atoms with Gasteiger partial charge in [-0.1, -0.05) is 42.5 Å². The van der Waals surface area contributed by atoms with Gasteiger partial charge >= 0.3 is 12.2 Å². The predicted molar refractivity (Wildman–Crippen MR) is 169 cm³/mol. The number of alkyl halides is 3. The van der Waals surface area contributed by atoms with Crippen LogP contribution in [0.3, 0.4) is 0 Å². The Morgan fingerprint density at radius 2 is 1.55 bits per heavy atom. The van der Waals surface area contributed by atoms with Gasteiger partial charge < -0.3 is 25.3 Å². The van der Waals surface area contributed by atoms with E-state index >= 15 is 0 Å². The molecule has 47 heavy (non-hydrogen) atoms. The number of carbonyl (C=O) groups excluding carboxylic acids is 1. The molecule has 6 rings (SSSR count). The summed E-state index contributed by atoms with van der Waals surface area (Å²) in [5.41, 5.74) is 0.959. The summed E-state index contributed by atoms with van der Waals surface area (Å²) in [5.74, 6) is -3.08. The maximum Gasteiger partial charge on any atom is 0.416 e. The van der Waals surface area contributed by atoms with Gasteiger partial charge in [-0.2, -0.15) is 13.2 Å². The third-order valence-corrected chi connectivity index (χ3v) is 8.09. The zero-order valence-corrected chi connectivity index (χ0v) is 24.8. The Morgan fingerprint density at radius 1 is 0.915 bits per heavy atom. The first-order valence-corrected chi connectivity index (χ1v) is 14.5. The lowest BCUT2D eigenvalue weighted by Gasteiger charge is -2.22. The number of H-pyrrole nitrogens is 1. The van der Waals surface area contributed by atoms with E-state index in [2.05, 4.69) is 15.6 Å². The Labute approximate surface area is 264 Å². The Morgan fingerprint density at radius 3 is 2.23 bits per heavy atom. The van der Waals surface area contributed by atoms with Crippen LogP contribution in [0.15, 0.2) is 95.8 Å². The van der Waals surface area contributed by atoms with Crippen LogP contribution in [0.2, 0.25) is 0 Å². The molecule has 0 bridgehead atoms. The van der Waals surface area contributed by atoms with Gasteiger partial charge in [0.05, 0.1) is 22.6 Å². The molecule has 1 atom stereocenters. The first-order chi connectivity index (χ1) is 22.4. The molecule has 0 spiro atoms. The number of aromatic nitrogens is 2. The second-order valence-corrected chi connectivity index (χ2v) is 11.0. The van der Waals surface area contributed by atoms with Crippen LogP contribution in [-0.4, -0.2) is 27.2 Å². The highest BCUT2D eigenvalue weighted by Gasteiger charge is 2.33. The summed E-state index contributed by atoms with van der Waals surface area (Å²) in [4.78, 5) is 29.9. The number of amides is 2. The fraction of sp³-hybridized carbons (Fsp3) is 0.143. The summed E-state index contributed by atoms with van der Waals surface area (Å²) in [6.45, 7) is 0.0277. The zero-order chi connectivity index (χ0) is 33.5. The van der Waals surface area contributed by atoms with Crippen LogP contribution < -0.4 is 16.2 Å². The van der Waals surface area contributed by atoms with Crippen molar-refractivity contribution in [2.24, 2.45) is 7.05 Å².